The van der Waals surface area contributed by atoms with Crippen LogP contribution in [0.2, 0.25) is 0 Å². The van der Waals surface area contributed by atoms with Crippen molar-refractivity contribution in [3.05, 3.63) is 138 Å². The summed E-state index contributed by atoms with van der Waals surface area (Å²) >= 11 is 0. The van der Waals surface area contributed by atoms with Crippen molar-refractivity contribution in [2.45, 2.75) is 13.0 Å². The molecule has 0 N–H and O–H groups in total. The van der Waals surface area contributed by atoms with Crippen molar-refractivity contribution in [1.82, 2.24) is 14.5 Å². The van der Waals surface area contributed by atoms with Crippen LogP contribution in [0.25, 0.3) is 27.8 Å². The zero-order valence-electron chi connectivity index (χ0n) is 23.7. The second-order valence-electron chi connectivity index (χ2n) is 10.6. The summed E-state index contributed by atoms with van der Waals surface area (Å²) in [5.74, 6) is 0.983. The highest BCUT2D eigenvalue weighted by Gasteiger charge is 2.26. The first-order valence-electron chi connectivity index (χ1n) is 14.5. The molecular formula is C36H31N3O4. The number of furan rings is 1. The summed E-state index contributed by atoms with van der Waals surface area (Å²) in [7, 11) is 0. The fraction of sp³-hybridized carbons (Fsp3) is 0.167. The standard InChI is InChI=1S/C36H31N3O4/c40-36(35-34(38-15-3-4-16-38)31-10-1-2-11-33(31)43-35)39-17-18-41-19-20-42-32-13-12-28(29-9-6-14-37-24-29)23-30(32)22-26-7-5-8-27(21-26)25-39/h1-16,21,23-24H,17-20,22,25H2. The van der Waals surface area contributed by atoms with Gasteiger partial charge in [-0.15, -0.1) is 0 Å². The number of benzene rings is 3. The number of rotatable bonds is 3. The predicted octanol–water partition coefficient (Wildman–Crippen LogP) is 6.93. The third-order valence-corrected chi connectivity index (χ3v) is 7.72. The Morgan fingerprint density at radius 1 is 0.791 bits per heavy atom. The van der Waals surface area contributed by atoms with E-state index in [9.17, 15) is 4.79 Å². The molecule has 0 saturated carbocycles. The zero-order valence-corrected chi connectivity index (χ0v) is 23.7. The first kappa shape index (κ1) is 26.7. The van der Waals surface area contributed by atoms with Crippen molar-refractivity contribution in [2.75, 3.05) is 26.4 Å². The lowest BCUT2D eigenvalue weighted by Gasteiger charge is -2.23. The maximum atomic E-state index is 14.2. The summed E-state index contributed by atoms with van der Waals surface area (Å²) in [4.78, 5) is 20.3. The molecule has 7 rings (SSSR count). The Morgan fingerprint density at radius 3 is 2.56 bits per heavy atom. The minimum absolute atomic E-state index is 0.177. The molecule has 43 heavy (non-hydrogen) atoms. The molecule has 0 saturated heterocycles. The van der Waals surface area contributed by atoms with Gasteiger partial charge in [0.15, 0.2) is 0 Å². The van der Waals surface area contributed by atoms with Crippen LogP contribution in [0.1, 0.15) is 27.2 Å². The van der Waals surface area contributed by atoms with Crippen molar-refractivity contribution in [1.29, 1.82) is 0 Å². The third kappa shape index (κ3) is 5.67. The summed E-state index contributed by atoms with van der Waals surface area (Å²) in [6.45, 7) is 2.04. The van der Waals surface area contributed by atoms with Gasteiger partial charge in [-0.25, -0.2) is 0 Å². The van der Waals surface area contributed by atoms with E-state index in [1.165, 1.54) is 0 Å². The molecule has 3 aromatic heterocycles. The SMILES string of the molecule is O=C(c1oc2ccccc2c1-n1cccc1)N1CCOCCOc2ccc(-c3cccnc3)cc2Cc2cccc(c2)C1. The number of carbonyl (C=O) groups is 1. The highest BCUT2D eigenvalue weighted by Crippen LogP contribution is 2.32. The summed E-state index contributed by atoms with van der Waals surface area (Å²) in [6.07, 6.45) is 8.20. The molecule has 7 nitrogen and oxygen atoms in total. The van der Waals surface area contributed by atoms with Crippen LogP contribution in [0, 0.1) is 0 Å². The Bertz CT molecular complexity index is 1860. The molecular weight excluding hydrogens is 538 g/mol. The Kier molecular flexibility index (Phi) is 7.46. The molecule has 4 heterocycles. The average molecular weight is 570 g/mol. The zero-order chi connectivity index (χ0) is 29.0. The molecule has 0 aliphatic carbocycles. The Hall–Kier alpha value is -5.14. The van der Waals surface area contributed by atoms with Gasteiger partial charge >= 0.3 is 0 Å². The molecule has 0 unspecified atom stereocenters. The van der Waals surface area contributed by atoms with Crippen LogP contribution in [-0.2, 0) is 17.7 Å². The van der Waals surface area contributed by atoms with Crippen molar-refractivity contribution in [2.24, 2.45) is 0 Å². The van der Waals surface area contributed by atoms with E-state index >= 15 is 0 Å². The maximum absolute atomic E-state index is 14.2. The van der Waals surface area contributed by atoms with Gasteiger partial charge in [-0.1, -0.05) is 48.5 Å². The minimum atomic E-state index is -0.177. The van der Waals surface area contributed by atoms with Crippen molar-refractivity contribution >= 4 is 16.9 Å². The van der Waals surface area contributed by atoms with E-state index < -0.39 is 0 Å². The molecule has 3 aromatic carbocycles. The first-order valence-corrected chi connectivity index (χ1v) is 14.5. The Labute approximate surface area is 249 Å². The molecule has 7 heteroatoms. The summed E-state index contributed by atoms with van der Waals surface area (Å²) in [6, 6.07) is 30.3. The smallest absolute Gasteiger partial charge is 0.292 e. The van der Waals surface area contributed by atoms with Gasteiger partial charge in [-0.2, -0.15) is 0 Å². The minimum Gasteiger partial charge on any atom is -0.491 e. The molecule has 1 aliphatic heterocycles. The van der Waals surface area contributed by atoms with Crippen molar-refractivity contribution in [3.63, 3.8) is 0 Å². The van der Waals surface area contributed by atoms with E-state index in [1.807, 2.05) is 82.7 Å². The Balaban J connectivity index is 1.22. The topological polar surface area (TPSA) is 69.7 Å². The van der Waals surface area contributed by atoms with Gasteiger partial charge < -0.3 is 23.4 Å². The predicted molar refractivity (Wildman–Crippen MR) is 166 cm³/mol. The summed E-state index contributed by atoms with van der Waals surface area (Å²) in [5, 5.41) is 0.892. The van der Waals surface area contributed by atoms with Crippen LogP contribution in [0.15, 0.2) is 120 Å². The fourth-order valence-electron chi connectivity index (χ4n) is 5.65. The summed E-state index contributed by atoms with van der Waals surface area (Å²) < 4.78 is 20.3. The van der Waals surface area contributed by atoms with Crippen LogP contribution in [0.3, 0.4) is 0 Å². The van der Waals surface area contributed by atoms with Crippen LogP contribution >= 0.6 is 0 Å². The molecule has 1 aliphatic rings. The molecule has 214 valence electrons. The number of nitrogens with zero attached hydrogens (tertiary/aromatic N) is 3. The van der Waals surface area contributed by atoms with Crippen LogP contribution < -0.4 is 4.74 Å². The molecule has 0 spiro atoms. The molecule has 0 radical (unpaired) electrons. The van der Waals surface area contributed by atoms with Gasteiger partial charge in [0.25, 0.3) is 5.91 Å². The van der Waals surface area contributed by atoms with Crippen LogP contribution in [-0.4, -0.2) is 46.7 Å². The van der Waals surface area contributed by atoms with Gasteiger partial charge in [0.05, 0.1) is 13.2 Å². The fourth-order valence-corrected chi connectivity index (χ4v) is 5.65. The summed E-state index contributed by atoms with van der Waals surface area (Å²) in [5.41, 5.74) is 6.83. The highest BCUT2D eigenvalue weighted by molar-refractivity contribution is 6.03. The first-order chi connectivity index (χ1) is 21.2. The Morgan fingerprint density at radius 2 is 1.67 bits per heavy atom. The van der Waals surface area contributed by atoms with E-state index in [-0.39, 0.29) is 5.91 Å². The van der Waals surface area contributed by atoms with Crippen LogP contribution in [0.5, 0.6) is 5.75 Å². The lowest BCUT2D eigenvalue weighted by atomic mass is 9.98. The van der Waals surface area contributed by atoms with E-state index in [0.717, 1.165) is 44.6 Å². The number of fused-ring (bicyclic) bond motifs is 4. The normalized spacial score (nSPS) is 14.1. The molecule has 1 amide bonds. The molecule has 6 aromatic rings. The number of pyridine rings is 1. The van der Waals surface area contributed by atoms with Crippen LogP contribution in [0.4, 0.5) is 0 Å². The highest BCUT2D eigenvalue weighted by atomic mass is 16.5. The van der Waals surface area contributed by atoms with Gasteiger partial charge in [0.1, 0.15) is 23.6 Å². The van der Waals surface area contributed by atoms with Gasteiger partial charge in [-0.05, 0) is 64.7 Å². The quantitative estimate of drug-likeness (QED) is 0.231. The van der Waals surface area contributed by atoms with Crippen molar-refractivity contribution < 1.29 is 18.7 Å². The van der Waals surface area contributed by atoms with E-state index in [0.29, 0.717) is 50.7 Å². The second-order valence-corrected chi connectivity index (χ2v) is 10.6. The van der Waals surface area contributed by atoms with Crippen molar-refractivity contribution in [3.8, 4) is 22.6 Å². The van der Waals surface area contributed by atoms with E-state index in [4.69, 9.17) is 13.9 Å². The average Bonchev–Trinajstić information content (AvgIpc) is 3.71. The third-order valence-electron chi connectivity index (χ3n) is 7.72. The number of amides is 1. The second kappa shape index (κ2) is 12.0. The maximum Gasteiger partial charge on any atom is 0.292 e. The molecule has 2 bridgehead atoms. The number of hydrogen-bond acceptors (Lipinski definition) is 5. The van der Waals surface area contributed by atoms with Gasteiger partial charge in [-0.3, -0.25) is 9.78 Å². The number of aromatic nitrogens is 2. The van der Waals surface area contributed by atoms with E-state index in [1.54, 1.807) is 6.20 Å². The van der Waals surface area contributed by atoms with Gasteiger partial charge in [0, 0.05) is 55.2 Å². The molecule has 0 atom stereocenters. The number of para-hydroxylation sites is 1. The van der Waals surface area contributed by atoms with Gasteiger partial charge in [0.2, 0.25) is 5.76 Å². The number of carbonyl (C=O) groups excluding carboxylic acids is 1. The largest absolute Gasteiger partial charge is 0.491 e. The number of hydrogen-bond donors (Lipinski definition) is 0. The number of ether oxygens (including phenoxy) is 2. The monoisotopic (exact) mass is 569 g/mol. The molecule has 0 fully saturated rings. The van der Waals surface area contributed by atoms with E-state index in [2.05, 4.69) is 41.4 Å². The lowest BCUT2D eigenvalue weighted by molar-refractivity contribution is 0.0549. The lowest BCUT2D eigenvalue weighted by Crippen LogP contribution is -2.34.